The number of carbonyl (C=O) groups is 1. The molecule has 0 spiro atoms. The number of nitrogen functional groups attached to an aromatic ring is 1. The van der Waals surface area contributed by atoms with E-state index in [1.807, 2.05) is 12.1 Å². The fraction of sp³-hybridized carbons (Fsp3) is 0.160. The van der Waals surface area contributed by atoms with Crippen molar-refractivity contribution in [2.24, 2.45) is 7.05 Å². The van der Waals surface area contributed by atoms with E-state index in [0.717, 1.165) is 23.4 Å². The van der Waals surface area contributed by atoms with Gasteiger partial charge in [-0.1, -0.05) is 12.1 Å². The van der Waals surface area contributed by atoms with E-state index in [-0.39, 0.29) is 22.4 Å². The van der Waals surface area contributed by atoms with Gasteiger partial charge in [-0.3, -0.25) is 18.8 Å². The Morgan fingerprint density at radius 3 is 2.54 bits per heavy atom. The number of aromatic nitrogens is 3. The van der Waals surface area contributed by atoms with E-state index in [4.69, 9.17) is 5.73 Å². The number of benzene rings is 2. The van der Waals surface area contributed by atoms with Crippen LogP contribution in [-0.4, -0.2) is 20.3 Å². The zero-order valence-electron chi connectivity index (χ0n) is 18.9. The molecule has 3 N–H and O–H groups in total. The van der Waals surface area contributed by atoms with Gasteiger partial charge in [-0.2, -0.15) is 18.3 Å². The first-order valence-electron chi connectivity index (χ1n) is 10.6. The van der Waals surface area contributed by atoms with Crippen molar-refractivity contribution in [3.8, 4) is 16.9 Å². The van der Waals surface area contributed by atoms with Gasteiger partial charge in [0.05, 0.1) is 22.9 Å². The van der Waals surface area contributed by atoms with Gasteiger partial charge in [0.2, 0.25) is 0 Å². The average Bonchev–Trinajstić information content (AvgIpc) is 3.24. The molecule has 2 aromatic heterocycles. The number of halogens is 3. The van der Waals surface area contributed by atoms with Crippen LogP contribution < -0.4 is 16.6 Å². The highest BCUT2D eigenvalue weighted by molar-refractivity contribution is 5.94. The van der Waals surface area contributed by atoms with Crippen molar-refractivity contribution in [1.29, 1.82) is 0 Å². The topological polar surface area (TPSA) is 94.9 Å². The first-order valence-corrected chi connectivity index (χ1v) is 10.6. The number of alkyl halides is 3. The minimum atomic E-state index is -4.56. The zero-order chi connectivity index (χ0) is 25.3. The molecule has 0 aliphatic carbocycles. The third kappa shape index (κ3) is 5.11. The molecule has 0 unspecified atom stereocenters. The van der Waals surface area contributed by atoms with Crippen LogP contribution in [0.3, 0.4) is 0 Å². The van der Waals surface area contributed by atoms with Gasteiger partial charge in [0.25, 0.3) is 11.5 Å². The van der Waals surface area contributed by atoms with Crippen LogP contribution >= 0.6 is 0 Å². The van der Waals surface area contributed by atoms with E-state index in [2.05, 4.69) is 10.4 Å². The fourth-order valence-electron chi connectivity index (χ4n) is 3.75. The summed E-state index contributed by atoms with van der Waals surface area (Å²) < 4.78 is 42.5. The monoisotopic (exact) mass is 481 g/mol. The van der Waals surface area contributed by atoms with Gasteiger partial charge in [-0.15, -0.1) is 0 Å². The van der Waals surface area contributed by atoms with E-state index < -0.39 is 23.7 Å². The number of carbonyl (C=O) groups excluding carboxylic acids is 1. The number of hydrogen-bond acceptors (Lipinski definition) is 4. The van der Waals surface area contributed by atoms with Crippen molar-refractivity contribution in [1.82, 2.24) is 19.7 Å². The van der Waals surface area contributed by atoms with Crippen LogP contribution in [0.15, 0.2) is 77.9 Å². The second-order valence-corrected chi connectivity index (χ2v) is 8.10. The van der Waals surface area contributed by atoms with Gasteiger partial charge in [0.15, 0.2) is 0 Å². The number of nitrogens with one attached hydrogen (secondary N) is 1. The SMILES string of the molecule is C[C@@H](NC(=O)c1ccc(=O)n(-c2cccc(-c3ccnn3C)c2)c1)c1cc(N)cc(C(F)(F)F)c1. The third-order valence-corrected chi connectivity index (χ3v) is 5.57. The summed E-state index contributed by atoms with van der Waals surface area (Å²) in [5.74, 6) is -0.551. The Morgan fingerprint density at radius 1 is 1.09 bits per heavy atom. The quantitative estimate of drug-likeness (QED) is 0.415. The van der Waals surface area contributed by atoms with Crippen LogP contribution in [0.5, 0.6) is 0 Å². The molecule has 10 heteroatoms. The smallest absolute Gasteiger partial charge is 0.399 e. The van der Waals surface area contributed by atoms with Crippen molar-refractivity contribution < 1.29 is 18.0 Å². The molecule has 0 aliphatic rings. The Morgan fingerprint density at radius 2 is 1.86 bits per heavy atom. The maximum Gasteiger partial charge on any atom is 0.416 e. The van der Waals surface area contributed by atoms with Crippen LogP contribution in [0.25, 0.3) is 16.9 Å². The van der Waals surface area contributed by atoms with Gasteiger partial charge in [-0.05, 0) is 55.0 Å². The lowest BCUT2D eigenvalue weighted by Crippen LogP contribution is -2.28. The second kappa shape index (κ2) is 9.13. The fourth-order valence-corrected chi connectivity index (χ4v) is 3.75. The molecule has 2 aromatic carbocycles. The number of amides is 1. The normalized spacial score (nSPS) is 12.4. The molecule has 7 nitrogen and oxygen atoms in total. The predicted molar refractivity (Wildman–Crippen MR) is 126 cm³/mol. The van der Waals surface area contributed by atoms with E-state index in [1.54, 1.807) is 43.0 Å². The minimum Gasteiger partial charge on any atom is -0.399 e. The molecule has 0 saturated carbocycles. The molecule has 35 heavy (non-hydrogen) atoms. The number of pyridine rings is 1. The standard InChI is InChI=1S/C25H22F3N5O2/c1-15(18-10-19(25(26,27)28)13-20(29)11-18)31-24(35)17-6-7-23(34)33(14-17)21-5-3-4-16(12-21)22-8-9-30-32(22)2/h3-15H,29H2,1-2H3,(H,31,35)/t15-/m1/s1. The highest BCUT2D eigenvalue weighted by atomic mass is 19.4. The maximum absolute atomic E-state index is 13.1. The molecule has 2 heterocycles. The summed E-state index contributed by atoms with van der Waals surface area (Å²) in [6.07, 6.45) is -1.50. The van der Waals surface area contributed by atoms with Gasteiger partial charge in [-0.25, -0.2) is 0 Å². The molecule has 0 bridgehead atoms. The summed E-state index contributed by atoms with van der Waals surface area (Å²) in [5, 5.41) is 6.82. The number of rotatable bonds is 5. The second-order valence-electron chi connectivity index (χ2n) is 8.10. The van der Waals surface area contributed by atoms with E-state index >= 15 is 0 Å². The van der Waals surface area contributed by atoms with Gasteiger partial charge < -0.3 is 11.1 Å². The van der Waals surface area contributed by atoms with Crippen molar-refractivity contribution >= 4 is 11.6 Å². The first-order chi connectivity index (χ1) is 16.5. The van der Waals surface area contributed by atoms with E-state index in [0.29, 0.717) is 5.69 Å². The van der Waals surface area contributed by atoms with Gasteiger partial charge in [0.1, 0.15) is 0 Å². The highest BCUT2D eigenvalue weighted by Crippen LogP contribution is 2.32. The van der Waals surface area contributed by atoms with Crippen LogP contribution in [0.1, 0.15) is 34.5 Å². The van der Waals surface area contributed by atoms with Crippen LogP contribution in [0.2, 0.25) is 0 Å². The molecular weight excluding hydrogens is 459 g/mol. The van der Waals surface area contributed by atoms with Crippen molar-refractivity contribution in [2.75, 3.05) is 5.73 Å². The Hall–Kier alpha value is -4.34. The van der Waals surface area contributed by atoms with E-state index in [9.17, 15) is 22.8 Å². The first kappa shape index (κ1) is 23.8. The Labute approximate surface area is 198 Å². The van der Waals surface area contributed by atoms with Crippen LogP contribution in [0, 0.1) is 0 Å². The molecule has 0 radical (unpaired) electrons. The molecule has 180 valence electrons. The highest BCUT2D eigenvalue weighted by Gasteiger charge is 2.31. The minimum absolute atomic E-state index is 0.0576. The molecular formula is C25H22F3N5O2. The lowest BCUT2D eigenvalue weighted by Gasteiger charge is -2.18. The average molecular weight is 481 g/mol. The Bertz CT molecular complexity index is 1460. The third-order valence-electron chi connectivity index (χ3n) is 5.57. The summed E-state index contributed by atoms with van der Waals surface area (Å²) in [6, 6.07) is 14.1. The molecule has 0 fully saturated rings. The summed E-state index contributed by atoms with van der Waals surface area (Å²) in [5.41, 5.74) is 6.95. The van der Waals surface area contributed by atoms with Crippen molar-refractivity contribution in [2.45, 2.75) is 19.1 Å². The number of aryl methyl sites for hydroxylation is 1. The summed E-state index contributed by atoms with van der Waals surface area (Å²) >= 11 is 0. The van der Waals surface area contributed by atoms with Gasteiger partial charge in [0, 0.05) is 42.4 Å². The summed E-state index contributed by atoms with van der Waals surface area (Å²) in [6.45, 7) is 1.56. The van der Waals surface area contributed by atoms with Crippen LogP contribution in [0.4, 0.5) is 18.9 Å². The van der Waals surface area contributed by atoms with Crippen molar-refractivity contribution in [3.05, 3.63) is 100 Å². The molecule has 0 aliphatic heterocycles. The number of hydrogen-bond donors (Lipinski definition) is 2. The number of anilines is 1. The summed E-state index contributed by atoms with van der Waals surface area (Å²) in [7, 11) is 1.80. The molecule has 1 atom stereocenters. The molecule has 0 saturated heterocycles. The summed E-state index contributed by atoms with van der Waals surface area (Å²) in [4.78, 5) is 25.5. The predicted octanol–water partition coefficient (Wildman–Crippen LogP) is 4.33. The van der Waals surface area contributed by atoms with Gasteiger partial charge >= 0.3 is 6.18 Å². The lowest BCUT2D eigenvalue weighted by atomic mass is 10.0. The Balaban J connectivity index is 1.61. The Kier molecular flexibility index (Phi) is 6.21. The largest absolute Gasteiger partial charge is 0.416 e. The molecule has 4 aromatic rings. The lowest BCUT2D eigenvalue weighted by molar-refractivity contribution is -0.137. The molecule has 1 amide bonds. The van der Waals surface area contributed by atoms with Crippen molar-refractivity contribution in [3.63, 3.8) is 0 Å². The molecule has 4 rings (SSSR count). The van der Waals surface area contributed by atoms with Crippen LogP contribution in [-0.2, 0) is 13.2 Å². The maximum atomic E-state index is 13.1. The number of nitrogens with zero attached hydrogens (tertiary/aromatic N) is 3. The zero-order valence-corrected chi connectivity index (χ0v) is 18.9. The van der Waals surface area contributed by atoms with E-state index in [1.165, 1.54) is 29.0 Å². The number of nitrogens with two attached hydrogens (primary N) is 1.